The zero-order valence-electron chi connectivity index (χ0n) is 5.85. The van der Waals surface area contributed by atoms with Crippen molar-refractivity contribution in [1.82, 2.24) is 4.98 Å². The molecule has 1 rings (SSSR count). The molecular weight excluding hydrogens is 167 g/mol. The fraction of sp³-hybridized carbons (Fsp3) is 0.286. The van der Waals surface area contributed by atoms with E-state index in [0.29, 0.717) is 23.7 Å². The van der Waals surface area contributed by atoms with Gasteiger partial charge in [-0.2, -0.15) is 0 Å². The Morgan fingerprint density at radius 2 is 2.36 bits per heavy atom. The minimum Gasteiger partial charge on any atom is -0.330 e. The van der Waals surface area contributed by atoms with E-state index in [0.717, 1.165) is 0 Å². The van der Waals surface area contributed by atoms with E-state index in [2.05, 4.69) is 4.98 Å². The molecule has 2 N–H and O–H groups in total. The van der Waals surface area contributed by atoms with Crippen molar-refractivity contribution in [3.63, 3.8) is 0 Å². The van der Waals surface area contributed by atoms with Gasteiger partial charge in [-0.15, -0.1) is 0 Å². The van der Waals surface area contributed by atoms with Crippen molar-refractivity contribution in [1.29, 1.82) is 0 Å². The standard InChI is InChI=1S/C7H8ClFN2/c8-5-3-6(9)7(1-2-10)11-4-5/h3-4H,1-2,10H2. The Hall–Kier alpha value is -0.670. The molecule has 0 radical (unpaired) electrons. The third-order valence-electron chi connectivity index (χ3n) is 1.27. The first-order chi connectivity index (χ1) is 5.24. The van der Waals surface area contributed by atoms with Crippen molar-refractivity contribution in [2.75, 3.05) is 6.54 Å². The van der Waals surface area contributed by atoms with Gasteiger partial charge in [0.15, 0.2) is 0 Å². The van der Waals surface area contributed by atoms with Gasteiger partial charge in [-0.25, -0.2) is 4.39 Å². The number of halogens is 2. The van der Waals surface area contributed by atoms with Gasteiger partial charge in [0.2, 0.25) is 0 Å². The second-order valence-electron chi connectivity index (χ2n) is 2.12. The predicted molar refractivity (Wildman–Crippen MR) is 42.0 cm³/mol. The lowest BCUT2D eigenvalue weighted by Crippen LogP contribution is -2.06. The number of nitrogens with zero attached hydrogens (tertiary/aromatic N) is 1. The average molecular weight is 175 g/mol. The second-order valence-corrected chi connectivity index (χ2v) is 2.56. The summed E-state index contributed by atoms with van der Waals surface area (Å²) in [7, 11) is 0. The third-order valence-corrected chi connectivity index (χ3v) is 1.47. The maximum Gasteiger partial charge on any atom is 0.146 e. The van der Waals surface area contributed by atoms with Crippen molar-refractivity contribution in [2.24, 2.45) is 5.73 Å². The Kier molecular flexibility index (Phi) is 2.79. The fourth-order valence-corrected chi connectivity index (χ4v) is 0.908. The SMILES string of the molecule is NCCc1ncc(Cl)cc1F. The van der Waals surface area contributed by atoms with Crippen molar-refractivity contribution in [2.45, 2.75) is 6.42 Å². The second kappa shape index (κ2) is 3.64. The van der Waals surface area contributed by atoms with Crippen LogP contribution in [-0.4, -0.2) is 11.5 Å². The van der Waals surface area contributed by atoms with Crippen LogP contribution in [0, 0.1) is 5.82 Å². The molecule has 0 fully saturated rings. The van der Waals surface area contributed by atoms with Crippen LogP contribution in [0.3, 0.4) is 0 Å². The van der Waals surface area contributed by atoms with Crippen molar-refractivity contribution in [3.8, 4) is 0 Å². The Balaban J connectivity index is 2.90. The normalized spacial score (nSPS) is 10.1. The molecule has 4 heteroatoms. The minimum absolute atomic E-state index is 0.309. The van der Waals surface area contributed by atoms with E-state index in [9.17, 15) is 4.39 Å². The average Bonchev–Trinajstić information content (AvgIpc) is 1.95. The van der Waals surface area contributed by atoms with Crippen LogP contribution in [0.1, 0.15) is 5.69 Å². The highest BCUT2D eigenvalue weighted by atomic mass is 35.5. The first kappa shape index (κ1) is 8.43. The molecule has 0 aliphatic rings. The van der Waals surface area contributed by atoms with Gasteiger partial charge in [0.25, 0.3) is 0 Å². The molecule has 1 aromatic heterocycles. The molecule has 0 aliphatic heterocycles. The molecule has 0 aliphatic carbocycles. The lowest BCUT2D eigenvalue weighted by molar-refractivity contribution is 0.598. The van der Waals surface area contributed by atoms with Crippen LogP contribution < -0.4 is 5.73 Å². The lowest BCUT2D eigenvalue weighted by Gasteiger charge is -1.98. The molecule has 60 valence electrons. The number of pyridine rings is 1. The highest BCUT2D eigenvalue weighted by Crippen LogP contribution is 2.11. The third kappa shape index (κ3) is 2.13. The maximum atomic E-state index is 12.8. The molecule has 0 bridgehead atoms. The summed E-state index contributed by atoms with van der Waals surface area (Å²) in [5.74, 6) is -0.386. The topological polar surface area (TPSA) is 38.9 Å². The highest BCUT2D eigenvalue weighted by Gasteiger charge is 2.02. The van der Waals surface area contributed by atoms with Crippen LogP contribution in [0.2, 0.25) is 5.02 Å². The summed E-state index contributed by atoms with van der Waals surface area (Å²) in [6.45, 7) is 0.394. The van der Waals surface area contributed by atoms with Gasteiger partial charge in [0.05, 0.1) is 10.7 Å². The van der Waals surface area contributed by atoms with E-state index >= 15 is 0 Å². The number of aromatic nitrogens is 1. The molecule has 1 aromatic rings. The lowest BCUT2D eigenvalue weighted by atomic mass is 10.2. The van der Waals surface area contributed by atoms with E-state index in [-0.39, 0.29) is 5.82 Å². The van der Waals surface area contributed by atoms with Crippen LogP contribution in [0.15, 0.2) is 12.3 Å². The van der Waals surface area contributed by atoms with E-state index in [1.807, 2.05) is 0 Å². The van der Waals surface area contributed by atoms with Gasteiger partial charge in [-0.05, 0) is 12.6 Å². The molecule has 0 spiro atoms. The van der Waals surface area contributed by atoms with Crippen LogP contribution in [-0.2, 0) is 6.42 Å². The van der Waals surface area contributed by atoms with Gasteiger partial charge >= 0.3 is 0 Å². The number of rotatable bonds is 2. The Labute approximate surface area is 69.2 Å². The molecule has 1 heterocycles. The fourth-order valence-electron chi connectivity index (χ4n) is 0.764. The van der Waals surface area contributed by atoms with E-state index in [4.69, 9.17) is 17.3 Å². The van der Waals surface area contributed by atoms with Crippen LogP contribution in [0.5, 0.6) is 0 Å². The summed E-state index contributed by atoms with van der Waals surface area (Å²) >= 11 is 5.48. The van der Waals surface area contributed by atoms with Crippen LogP contribution in [0.4, 0.5) is 4.39 Å². The first-order valence-electron chi connectivity index (χ1n) is 3.24. The van der Waals surface area contributed by atoms with E-state index in [1.165, 1.54) is 12.3 Å². The van der Waals surface area contributed by atoms with Crippen molar-refractivity contribution in [3.05, 3.63) is 28.8 Å². The predicted octanol–water partition coefficient (Wildman–Crippen LogP) is 1.38. The van der Waals surface area contributed by atoms with Gasteiger partial charge < -0.3 is 5.73 Å². The minimum atomic E-state index is -0.386. The monoisotopic (exact) mass is 174 g/mol. The molecule has 0 amide bonds. The number of nitrogens with two attached hydrogens (primary N) is 1. The van der Waals surface area contributed by atoms with Gasteiger partial charge in [0.1, 0.15) is 5.82 Å². The van der Waals surface area contributed by atoms with Crippen LogP contribution in [0.25, 0.3) is 0 Å². The first-order valence-corrected chi connectivity index (χ1v) is 3.62. The highest BCUT2D eigenvalue weighted by molar-refractivity contribution is 6.30. The van der Waals surface area contributed by atoms with Gasteiger partial charge in [0, 0.05) is 12.6 Å². The molecular formula is C7H8ClFN2. The van der Waals surface area contributed by atoms with Crippen LogP contribution >= 0.6 is 11.6 Å². The van der Waals surface area contributed by atoms with Crippen molar-refractivity contribution >= 4 is 11.6 Å². The zero-order chi connectivity index (χ0) is 8.27. The van der Waals surface area contributed by atoms with E-state index in [1.54, 1.807) is 0 Å². The summed E-state index contributed by atoms with van der Waals surface area (Å²) in [6, 6.07) is 1.24. The molecule has 0 saturated heterocycles. The van der Waals surface area contributed by atoms with E-state index < -0.39 is 0 Å². The number of hydrogen-bond donors (Lipinski definition) is 1. The molecule has 0 unspecified atom stereocenters. The summed E-state index contributed by atoms with van der Waals surface area (Å²) in [6.07, 6.45) is 1.86. The Bertz CT molecular complexity index is 252. The number of hydrogen-bond acceptors (Lipinski definition) is 2. The zero-order valence-corrected chi connectivity index (χ0v) is 6.61. The molecule has 0 aromatic carbocycles. The molecule has 0 saturated carbocycles. The summed E-state index contributed by atoms with van der Waals surface area (Å²) in [5, 5.41) is 0.309. The maximum absolute atomic E-state index is 12.8. The largest absolute Gasteiger partial charge is 0.330 e. The van der Waals surface area contributed by atoms with Gasteiger partial charge in [-0.3, -0.25) is 4.98 Å². The summed E-state index contributed by atoms with van der Waals surface area (Å²) in [5.41, 5.74) is 5.60. The Morgan fingerprint density at radius 3 is 2.91 bits per heavy atom. The summed E-state index contributed by atoms with van der Waals surface area (Å²) in [4.78, 5) is 3.78. The quantitative estimate of drug-likeness (QED) is 0.736. The van der Waals surface area contributed by atoms with Crippen molar-refractivity contribution < 1.29 is 4.39 Å². The Morgan fingerprint density at radius 1 is 1.64 bits per heavy atom. The smallest absolute Gasteiger partial charge is 0.146 e. The summed E-state index contributed by atoms with van der Waals surface area (Å²) < 4.78 is 12.8. The molecule has 11 heavy (non-hydrogen) atoms. The molecule has 0 atom stereocenters. The molecule has 2 nitrogen and oxygen atoms in total. The van der Waals surface area contributed by atoms with Gasteiger partial charge in [-0.1, -0.05) is 11.6 Å².